The summed E-state index contributed by atoms with van der Waals surface area (Å²) in [5.74, 6) is -0.629. The van der Waals surface area contributed by atoms with Crippen LogP contribution in [0, 0.1) is 0 Å². The van der Waals surface area contributed by atoms with Gasteiger partial charge in [-0.25, -0.2) is 0 Å². The first-order valence-electron chi connectivity index (χ1n) is 8.75. The summed E-state index contributed by atoms with van der Waals surface area (Å²) >= 11 is 0. The van der Waals surface area contributed by atoms with E-state index < -0.39 is 49.2 Å². The minimum atomic E-state index is -4.94. The SMILES string of the molecule is C[PH](C)(CCOC(=O)Oc1ccc(S(=O)(=O)O)cc1S(=O)(=O)O)Cc1ccccc1.[NaH].[NaH]. The summed E-state index contributed by atoms with van der Waals surface area (Å²) < 4.78 is 73.4. The van der Waals surface area contributed by atoms with Crippen molar-refractivity contribution in [3.05, 3.63) is 54.1 Å². The molecule has 0 unspecified atom stereocenters. The third-order valence-corrected chi connectivity index (χ3v) is 8.86. The van der Waals surface area contributed by atoms with Crippen LogP contribution in [0.1, 0.15) is 5.56 Å². The maximum absolute atomic E-state index is 11.9. The van der Waals surface area contributed by atoms with Gasteiger partial charge in [0.05, 0.1) is 0 Å². The molecule has 0 aromatic heterocycles. The molecule has 0 amide bonds. The van der Waals surface area contributed by atoms with Gasteiger partial charge >= 0.3 is 235 Å². The van der Waals surface area contributed by atoms with E-state index >= 15 is 0 Å². The Morgan fingerprint density at radius 1 is 0.938 bits per heavy atom. The first-order valence-corrected chi connectivity index (χ1v) is 15.0. The molecule has 0 aliphatic heterocycles. The fourth-order valence-corrected chi connectivity index (χ4v) is 6.10. The van der Waals surface area contributed by atoms with Gasteiger partial charge in [0.1, 0.15) is 0 Å². The van der Waals surface area contributed by atoms with Crippen LogP contribution in [0.15, 0.2) is 58.3 Å². The van der Waals surface area contributed by atoms with Crippen molar-refractivity contribution in [2.75, 3.05) is 26.1 Å². The van der Waals surface area contributed by atoms with E-state index in [1.807, 2.05) is 30.3 Å². The molecule has 2 rings (SSSR count). The van der Waals surface area contributed by atoms with Crippen molar-refractivity contribution in [2.24, 2.45) is 0 Å². The predicted molar refractivity (Wildman–Crippen MR) is 128 cm³/mol. The summed E-state index contributed by atoms with van der Waals surface area (Å²) in [4.78, 5) is 10.2. The molecule has 0 aliphatic rings. The molecule has 0 spiro atoms. The molecule has 0 saturated carbocycles. The van der Waals surface area contributed by atoms with Gasteiger partial charge in [-0.15, -0.1) is 0 Å². The van der Waals surface area contributed by atoms with Crippen LogP contribution in [0.25, 0.3) is 0 Å². The van der Waals surface area contributed by atoms with Crippen LogP contribution in [-0.2, 0) is 31.1 Å². The maximum atomic E-state index is 11.9. The first kappa shape index (κ1) is 32.0. The van der Waals surface area contributed by atoms with Crippen molar-refractivity contribution >= 4 is 92.8 Å². The van der Waals surface area contributed by atoms with E-state index in [0.29, 0.717) is 12.2 Å². The summed E-state index contributed by atoms with van der Waals surface area (Å²) in [5.41, 5.74) is 1.19. The monoisotopic (exact) mass is 526 g/mol. The number of benzene rings is 2. The summed E-state index contributed by atoms with van der Waals surface area (Å²) in [7, 11) is -11.4. The molecule has 0 bridgehead atoms. The molecule has 0 heterocycles. The van der Waals surface area contributed by atoms with Crippen molar-refractivity contribution in [3.63, 3.8) is 0 Å². The second-order valence-corrected chi connectivity index (χ2v) is 15.3. The molecular formula is C18H25Na2O9PS2. The molecule has 0 aliphatic carbocycles. The third kappa shape index (κ3) is 10.5. The van der Waals surface area contributed by atoms with Crippen molar-refractivity contribution < 1.29 is 40.2 Å². The van der Waals surface area contributed by atoms with Crippen LogP contribution >= 0.6 is 7.26 Å². The summed E-state index contributed by atoms with van der Waals surface area (Å²) in [5, 5.41) is 0. The van der Waals surface area contributed by atoms with Gasteiger partial charge in [0, 0.05) is 0 Å². The fourth-order valence-electron chi connectivity index (χ4n) is 2.70. The van der Waals surface area contributed by atoms with Gasteiger partial charge in [-0.2, -0.15) is 0 Å². The summed E-state index contributed by atoms with van der Waals surface area (Å²) in [6.07, 6.45) is 0.309. The normalized spacial score (nSPS) is 12.1. The van der Waals surface area contributed by atoms with Gasteiger partial charge in [0.15, 0.2) is 0 Å². The number of hydrogen-bond acceptors (Lipinski definition) is 7. The molecule has 2 aromatic carbocycles. The second-order valence-electron chi connectivity index (χ2n) is 7.34. The van der Waals surface area contributed by atoms with Crippen LogP contribution in [0.5, 0.6) is 5.75 Å². The molecule has 14 heteroatoms. The molecule has 0 radical (unpaired) electrons. The van der Waals surface area contributed by atoms with E-state index in [0.717, 1.165) is 18.3 Å². The van der Waals surface area contributed by atoms with Crippen molar-refractivity contribution in [3.8, 4) is 5.75 Å². The van der Waals surface area contributed by atoms with E-state index in [1.54, 1.807) is 0 Å². The topological polar surface area (TPSA) is 144 Å². The van der Waals surface area contributed by atoms with E-state index in [1.165, 1.54) is 5.56 Å². The standard InChI is InChI=1S/C18H23O9PS2.2Na.2H/c1-28(2,13-14-6-4-3-5-7-14)11-10-26-18(19)27-16-9-8-15(29(20,21)22)12-17(16)30(23,24)25;;;;/h3-9,12,28H,10-11,13H2,1-2H3,(H,20,21,22)(H,23,24,25);;;;. The molecule has 170 valence electrons. The van der Waals surface area contributed by atoms with Gasteiger partial charge in [0.25, 0.3) is 0 Å². The molecule has 0 fully saturated rings. The van der Waals surface area contributed by atoms with Gasteiger partial charge in [0.2, 0.25) is 0 Å². The molecule has 2 N–H and O–H groups in total. The summed E-state index contributed by atoms with van der Waals surface area (Å²) in [6.45, 7) is 4.33. The van der Waals surface area contributed by atoms with E-state index in [-0.39, 0.29) is 65.7 Å². The molecular weight excluding hydrogens is 501 g/mol. The van der Waals surface area contributed by atoms with E-state index in [9.17, 15) is 26.2 Å². The zero-order valence-electron chi connectivity index (χ0n) is 16.3. The number of rotatable bonds is 8. The van der Waals surface area contributed by atoms with E-state index in [4.69, 9.17) is 14.0 Å². The van der Waals surface area contributed by atoms with Crippen LogP contribution < -0.4 is 4.74 Å². The third-order valence-electron chi connectivity index (χ3n) is 4.21. The fraction of sp³-hybridized carbons (Fsp3) is 0.278. The Kier molecular flexibility index (Phi) is 13.1. The first-order chi connectivity index (χ1) is 13.8. The second kappa shape index (κ2) is 13.2. The Hall–Kier alpha value is -0.0400. The molecule has 0 saturated heterocycles. The molecule has 9 nitrogen and oxygen atoms in total. The number of hydrogen-bond donors (Lipinski definition) is 2. The van der Waals surface area contributed by atoms with Crippen LogP contribution in [0.4, 0.5) is 4.79 Å². The van der Waals surface area contributed by atoms with Gasteiger partial charge in [-0.3, -0.25) is 0 Å². The Morgan fingerprint density at radius 3 is 2.06 bits per heavy atom. The predicted octanol–water partition coefficient (Wildman–Crippen LogP) is 1.61. The average molecular weight is 526 g/mol. The Balaban J connectivity index is 0.00000480. The van der Waals surface area contributed by atoms with E-state index in [2.05, 4.69) is 13.3 Å². The van der Waals surface area contributed by atoms with Crippen molar-refractivity contribution in [1.29, 1.82) is 0 Å². The number of ether oxygens (including phenoxy) is 2. The Bertz CT molecular complexity index is 1120. The van der Waals surface area contributed by atoms with Crippen molar-refractivity contribution in [2.45, 2.75) is 16.0 Å². The van der Waals surface area contributed by atoms with Crippen LogP contribution in [0.2, 0.25) is 0 Å². The average Bonchev–Trinajstić information content (AvgIpc) is 2.60. The van der Waals surface area contributed by atoms with Gasteiger partial charge < -0.3 is 0 Å². The Morgan fingerprint density at radius 2 is 1.53 bits per heavy atom. The van der Waals surface area contributed by atoms with Crippen LogP contribution in [0.3, 0.4) is 0 Å². The number of carbonyl (C=O) groups is 1. The molecule has 2 aromatic rings. The minimum absolute atomic E-state index is 0. The summed E-state index contributed by atoms with van der Waals surface area (Å²) in [6, 6.07) is 12.0. The Labute approximate surface area is 232 Å². The van der Waals surface area contributed by atoms with Crippen LogP contribution in [-0.4, -0.2) is 117 Å². The zero-order chi connectivity index (χ0) is 22.6. The number of carbonyl (C=O) groups excluding carboxylic acids is 1. The zero-order valence-corrected chi connectivity index (χ0v) is 18.9. The molecule has 32 heavy (non-hydrogen) atoms. The van der Waals surface area contributed by atoms with Gasteiger partial charge in [-0.1, -0.05) is 0 Å². The van der Waals surface area contributed by atoms with Gasteiger partial charge in [-0.05, 0) is 0 Å². The molecule has 0 atom stereocenters. The van der Waals surface area contributed by atoms with Crippen molar-refractivity contribution in [1.82, 2.24) is 0 Å². The quantitative estimate of drug-likeness (QED) is 0.172.